The molecule has 1 rings (SSSR count). The van der Waals surface area contributed by atoms with Gasteiger partial charge >= 0.3 is 0 Å². The maximum Gasteiger partial charge on any atom is 0.144 e. The lowest BCUT2D eigenvalue weighted by atomic mass is 10.3. The van der Waals surface area contributed by atoms with E-state index in [2.05, 4.69) is 4.98 Å². The van der Waals surface area contributed by atoms with E-state index in [0.717, 1.165) is 0 Å². The van der Waals surface area contributed by atoms with E-state index in [0.29, 0.717) is 5.56 Å². The highest BCUT2D eigenvalue weighted by Crippen LogP contribution is 1.99. The number of rotatable bonds is 0. The third kappa shape index (κ3) is 2.58. The van der Waals surface area contributed by atoms with E-state index in [1.807, 2.05) is 13.8 Å². The van der Waals surface area contributed by atoms with Gasteiger partial charge in [0, 0.05) is 6.20 Å². The maximum atomic E-state index is 12.3. The van der Waals surface area contributed by atoms with Crippen LogP contribution in [0.5, 0.6) is 0 Å². The molecule has 1 aromatic rings. The quantitative estimate of drug-likeness (QED) is 0.541. The van der Waals surface area contributed by atoms with Crippen molar-refractivity contribution in [3.63, 3.8) is 0 Å². The van der Waals surface area contributed by atoms with Crippen molar-refractivity contribution in [2.45, 2.75) is 20.8 Å². The molecule has 0 aliphatic rings. The second-order valence-electron chi connectivity index (χ2n) is 1.62. The van der Waals surface area contributed by atoms with Crippen molar-refractivity contribution in [1.82, 2.24) is 4.98 Å². The summed E-state index contributed by atoms with van der Waals surface area (Å²) in [6.07, 6.45) is 2.77. The molecule has 1 nitrogen and oxygen atoms in total. The van der Waals surface area contributed by atoms with E-state index in [1.54, 1.807) is 19.2 Å². The van der Waals surface area contributed by atoms with Crippen molar-refractivity contribution in [3.05, 3.63) is 29.8 Å². The van der Waals surface area contributed by atoms with Gasteiger partial charge in [0.2, 0.25) is 0 Å². The summed E-state index contributed by atoms with van der Waals surface area (Å²) in [5.41, 5.74) is 0.639. The fourth-order valence-electron chi connectivity index (χ4n) is 0.445. The average molecular weight is 141 g/mol. The monoisotopic (exact) mass is 141 g/mol. The zero-order valence-corrected chi connectivity index (χ0v) is 6.56. The standard InChI is InChI=1S/C6H6FN.C2H6/c1-5-2-3-8-4-6(5)7;1-2/h2-4H,1H3;1-2H3. The molecule has 0 unspecified atom stereocenters. The number of nitrogens with zero attached hydrogens (tertiary/aromatic N) is 1. The lowest BCUT2D eigenvalue weighted by Crippen LogP contribution is -1.80. The van der Waals surface area contributed by atoms with Gasteiger partial charge in [0.1, 0.15) is 5.82 Å². The van der Waals surface area contributed by atoms with Crippen LogP contribution in [0.4, 0.5) is 4.39 Å². The predicted octanol–water partition coefficient (Wildman–Crippen LogP) is 2.56. The number of hydrogen-bond donors (Lipinski definition) is 0. The Morgan fingerprint density at radius 3 is 2.30 bits per heavy atom. The van der Waals surface area contributed by atoms with E-state index in [4.69, 9.17) is 0 Å². The fourth-order valence-corrected chi connectivity index (χ4v) is 0.445. The Kier molecular flexibility index (Phi) is 4.46. The molecule has 10 heavy (non-hydrogen) atoms. The van der Waals surface area contributed by atoms with Crippen LogP contribution in [0.15, 0.2) is 18.5 Å². The van der Waals surface area contributed by atoms with Crippen LogP contribution in [0.25, 0.3) is 0 Å². The highest BCUT2D eigenvalue weighted by atomic mass is 19.1. The van der Waals surface area contributed by atoms with Gasteiger partial charge in [-0.25, -0.2) is 4.39 Å². The van der Waals surface area contributed by atoms with Gasteiger partial charge in [-0.3, -0.25) is 4.98 Å². The van der Waals surface area contributed by atoms with Crippen molar-refractivity contribution < 1.29 is 4.39 Å². The molecule has 0 N–H and O–H groups in total. The largest absolute Gasteiger partial charge is 0.262 e. The van der Waals surface area contributed by atoms with Crippen molar-refractivity contribution >= 4 is 0 Å². The molecular weight excluding hydrogens is 129 g/mol. The molecule has 0 saturated heterocycles. The SMILES string of the molecule is CC.Cc1ccncc1F. The first-order valence-corrected chi connectivity index (χ1v) is 3.37. The number of hydrogen-bond acceptors (Lipinski definition) is 1. The van der Waals surface area contributed by atoms with Gasteiger partial charge < -0.3 is 0 Å². The van der Waals surface area contributed by atoms with Crippen molar-refractivity contribution in [2.24, 2.45) is 0 Å². The Balaban J connectivity index is 0.000000371. The van der Waals surface area contributed by atoms with Gasteiger partial charge in [0.05, 0.1) is 6.20 Å². The topological polar surface area (TPSA) is 12.9 Å². The zero-order chi connectivity index (χ0) is 7.98. The van der Waals surface area contributed by atoms with E-state index < -0.39 is 0 Å². The highest BCUT2D eigenvalue weighted by Gasteiger charge is 1.89. The molecule has 2 heteroatoms. The minimum atomic E-state index is -0.243. The van der Waals surface area contributed by atoms with Crippen molar-refractivity contribution in [1.29, 1.82) is 0 Å². The molecule has 0 atom stereocenters. The molecule has 0 aromatic carbocycles. The number of aryl methyl sites for hydroxylation is 1. The lowest BCUT2D eigenvalue weighted by Gasteiger charge is -1.88. The molecule has 1 heterocycles. The van der Waals surface area contributed by atoms with Crippen LogP contribution in [-0.4, -0.2) is 4.98 Å². The zero-order valence-electron chi connectivity index (χ0n) is 6.56. The molecule has 0 aliphatic heterocycles. The Morgan fingerprint density at radius 1 is 1.40 bits per heavy atom. The summed E-state index contributed by atoms with van der Waals surface area (Å²) in [5, 5.41) is 0. The molecule has 0 radical (unpaired) electrons. The summed E-state index contributed by atoms with van der Waals surface area (Å²) in [4.78, 5) is 3.57. The van der Waals surface area contributed by atoms with E-state index in [1.165, 1.54) is 6.20 Å². The van der Waals surface area contributed by atoms with E-state index in [-0.39, 0.29) is 5.82 Å². The first-order chi connectivity index (χ1) is 4.80. The fraction of sp³-hybridized carbons (Fsp3) is 0.375. The normalized spacial score (nSPS) is 8.00. The molecule has 0 bridgehead atoms. The second kappa shape index (κ2) is 4.91. The predicted molar refractivity (Wildman–Crippen MR) is 40.3 cm³/mol. The second-order valence-corrected chi connectivity index (χ2v) is 1.62. The number of halogens is 1. The first kappa shape index (κ1) is 9.08. The Morgan fingerprint density at radius 2 is 2.00 bits per heavy atom. The molecular formula is C8H12FN. The molecule has 0 saturated carbocycles. The van der Waals surface area contributed by atoms with Crippen LogP contribution in [0.1, 0.15) is 19.4 Å². The minimum Gasteiger partial charge on any atom is -0.262 e. The Labute approximate surface area is 60.9 Å². The van der Waals surface area contributed by atoms with Crippen molar-refractivity contribution in [3.8, 4) is 0 Å². The number of aromatic nitrogens is 1. The summed E-state index contributed by atoms with van der Waals surface area (Å²) in [6, 6.07) is 1.63. The number of pyridine rings is 1. The summed E-state index contributed by atoms with van der Waals surface area (Å²) in [6.45, 7) is 5.71. The van der Waals surface area contributed by atoms with Gasteiger partial charge in [0.25, 0.3) is 0 Å². The van der Waals surface area contributed by atoms with Gasteiger partial charge in [0.15, 0.2) is 0 Å². The molecule has 0 spiro atoms. The summed E-state index contributed by atoms with van der Waals surface area (Å²) < 4.78 is 12.3. The average Bonchev–Trinajstić information content (AvgIpc) is 2.00. The summed E-state index contributed by atoms with van der Waals surface area (Å²) in [5.74, 6) is -0.243. The molecule has 0 fully saturated rings. The van der Waals surface area contributed by atoms with Crippen LogP contribution < -0.4 is 0 Å². The van der Waals surface area contributed by atoms with Crippen LogP contribution in [0.2, 0.25) is 0 Å². The third-order valence-electron chi connectivity index (χ3n) is 0.975. The van der Waals surface area contributed by atoms with Gasteiger partial charge in [-0.15, -0.1) is 0 Å². The minimum absolute atomic E-state index is 0.243. The van der Waals surface area contributed by atoms with Crippen LogP contribution in [0, 0.1) is 12.7 Å². The highest BCUT2D eigenvalue weighted by molar-refractivity contribution is 5.08. The molecule has 0 aliphatic carbocycles. The van der Waals surface area contributed by atoms with Crippen LogP contribution >= 0.6 is 0 Å². The molecule has 56 valence electrons. The maximum absolute atomic E-state index is 12.3. The van der Waals surface area contributed by atoms with Crippen LogP contribution in [0.3, 0.4) is 0 Å². The van der Waals surface area contributed by atoms with E-state index in [9.17, 15) is 4.39 Å². The molecule has 1 aromatic heterocycles. The Hall–Kier alpha value is -0.920. The smallest absolute Gasteiger partial charge is 0.144 e. The Bertz CT molecular complexity index is 165. The summed E-state index contributed by atoms with van der Waals surface area (Å²) in [7, 11) is 0. The summed E-state index contributed by atoms with van der Waals surface area (Å²) >= 11 is 0. The van der Waals surface area contributed by atoms with E-state index >= 15 is 0 Å². The lowest BCUT2D eigenvalue weighted by molar-refractivity contribution is 0.612. The third-order valence-corrected chi connectivity index (χ3v) is 0.975. The van der Waals surface area contributed by atoms with Gasteiger partial charge in [-0.2, -0.15) is 0 Å². The molecule has 0 amide bonds. The van der Waals surface area contributed by atoms with Crippen LogP contribution in [-0.2, 0) is 0 Å². The first-order valence-electron chi connectivity index (χ1n) is 3.37. The van der Waals surface area contributed by atoms with Crippen molar-refractivity contribution in [2.75, 3.05) is 0 Å². The van der Waals surface area contributed by atoms with Gasteiger partial charge in [-0.05, 0) is 18.6 Å². The van der Waals surface area contributed by atoms with Gasteiger partial charge in [-0.1, -0.05) is 13.8 Å².